The van der Waals surface area contributed by atoms with Crippen LogP contribution in [-0.2, 0) is 9.53 Å². The number of nitro groups is 1. The lowest BCUT2D eigenvalue weighted by molar-refractivity contribution is -0.384. The maximum Gasteiger partial charge on any atom is 0.338 e. The van der Waals surface area contributed by atoms with Gasteiger partial charge in [0.2, 0.25) is 0 Å². The minimum Gasteiger partial charge on any atom is -0.463 e. The maximum atomic E-state index is 13.4. The van der Waals surface area contributed by atoms with Gasteiger partial charge in [-0.15, -0.1) is 0 Å². The highest BCUT2D eigenvalue weighted by Crippen LogP contribution is 2.31. The summed E-state index contributed by atoms with van der Waals surface area (Å²) in [5, 5.41) is 10.8. The highest BCUT2D eigenvalue weighted by atomic mass is 79.9. The molecule has 1 aliphatic rings. The lowest BCUT2D eigenvalue weighted by Crippen LogP contribution is -2.39. The minimum absolute atomic E-state index is 0.0103. The van der Waals surface area contributed by atoms with Gasteiger partial charge in [-0.3, -0.25) is 19.5 Å². The van der Waals surface area contributed by atoms with Gasteiger partial charge in [0.15, 0.2) is 4.80 Å². The van der Waals surface area contributed by atoms with Gasteiger partial charge in [-0.2, -0.15) is 0 Å². The molecule has 3 aromatic rings. The van der Waals surface area contributed by atoms with Crippen molar-refractivity contribution in [2.45, 2.75) is 19.9 Å². The van der Waals surface area contributed by atoms with E-state index in [0.29, 0.717) is 20.6 Å². The number of hydrogen-bond acceptors (Lipinski definition) is 7. The molecule has 1 aliphatic heterocycles. The Balaban J connectivity index is 1.79. The first-order chi connectivity index (χ1) is 16.8. The molecule has 10 heteroatoms. The first-order valence-electron chi connectivity index (χ1n) is 10.7. The van der Waals surface area contributed by atoms with Gasteiger partial charge in [0.05, 0.1) is 33.4 Å². The number of carbonyl (C=O) groups excluding carboxylic acids is 1. The number of halogens is 1. The van der Waals surface area contributed by atoms with Gasteiger partial charge in [-0.05, 0) is 55.3 Å². The molecule has 4 rings (SSSR count). The van der Waals surface area contributed by atoms with Crippen molar-refractivity contribution in [1.82, 2.24) is 4.57 Å². The fraction of sp³-hybridized carbons (Fsp3) is 0.160. The summed E-state index contributed by atoms with van der Waals surface area (Å²) in [5.74, 6) is -0.506. The zero-order chi connectivity index (χ0) is 25.1. The molecule has 8 nitrogen and oxygen atoms in total. The number of nitrogens with zero attached hydrogens (tertiary/aromatic N) is 3. The van der Waals surface area contributed by atoms with Crippen LogP contribution in [-0.4, -0.2) is 22.1 Å². The fourth-order valence-electron chi connectivity index (χ4n) is 3.72. The number of ether oxygens (including phenoxy) is 1. The zero-order valence-electron chi connectivity index (χ0n) is 18.8. The second-order valence-corrected chi connectivity index (χ2v) is 9.51. The Morgan fingerprint density at radius 1 is 1.23 bits per heavy atom. The van der Waals surface area contributed by atoms with Crippen molar-refractivity contribution in [2.24, 2.45) is 4.99 Å². The van der Waals surface area contributed by atoms with Crippen molar-refractivity contribution in [2.75, 3.05) is 6.61 Å². The van der Waals surface area contributed by atoms with Gasteiger partial charge in [0.25, 0.3) is 11.2 Å². The van der Waals surface area contributed by atoms with E-state index in [-0.39, 0.29) is 17.9 Å². The summed E-state index contributed by atoms with van der Waals surface area (Å²) in [7, 11) is 0. The van der Waals surface area contributed by atoms with Crippen LogP contribution in [0.3, 0.4) is 0 Å². The summed E-state index contributed by atoms with van der Waals surface area (Å²) in [6.45, 7) is 3.68. The molecule has 0 aliphatic carbocycles. The van der Waals surface area contributed by atoms with E-state index in [9.17, 15) is 19.7 Å². The summed E-state index contributed by atoms with van der Waals surface area (Å²) in [6.07, 6.45) is 5.14. The number of rotatable bonds is 6. The van der Waals surface area contributed by atoms with E-state index >= 15 is 0 Å². The predicted molar refractivity (Wildman–Crippen MR) is 138 cm³/mol. The van der Waals surface area contributed by atoms with Gasteiger partial charge in [-0.1, -0.05) is 51.6 Å². The molecule has 1 atom stereocenters. The highest BCUT2D eigenvalue weighted by Gasteiger charge is 2.33. The molecule has 0 fully saturated rings. The van der Waals surface area contributed by atoms with E-state index in [2.05, 4.69) is 20.9 Å². The zero-order valence-corrected chi connectivity index (χ0v) is 21.2. The standard InChI is InChI=1S/C25H20BrN3O5S/c1-3-34-24(31)21-15(2)27-25-28(22(21)17-9-11-18(26)12-10-17)23(30)20(35-25)6-4-5-16-7-13-19(14-8-16)29(32)33/h4-14,22H,3H2,1-2H3/b5-4+,20-6-. The molecule has 178 valence electrons. The molecular formula is C25H20BrN3O5S. The van der Waals surface area contributed by atoms with Crippen LogP contribution in [0.5, 0.6) is 0 Å². The van der Waals surface area contributed by atoms with Crippen molar-refractivity contribution < 1.29 is 14.5 Å². The van der Waals surface area contributed by atoms with Crippen molar-refractivity contribution >= 4 is 51.1 Å². The third-order valence-corrected chi connectivity index (χ3v) is 6.87. The number of fused-ring (bicyclic) bond motifs is 1. The number of hydrogen-bond donors (Lipinski definition) is 0. The van der Waals surface area contributed by atoms with Crippen LogP contribution in [0, 0.1) is 10.1 Å². The molecule has 0 saturated carbocycles. The van der Waals surface area contributed by atoms with Crippen LogP contribution in [0.2, 0.25) is 0 Å². The summed E-state index contributed by atoms with van der Waals surface area (Å²) >= 11 is 4.65. The monoisotopic (exact) mass is 553 g/mol. The molecule has 1 unspecified atom stereocenters. The largest absolute Gasteiger partial charge is 0.463 e. The maximum absolute atomic E-state index is 13.4. The Morgan fingerprint density at radius 2 is 1.91 bits per heavy atom. The van der Waals surface area contributed by atoms with E-state index in [1.165, 1.54) is 28.0 Å². The fourth-order valence-corrected chi connectivity index (χ4v) is 4.98. The van der Waals surface area contributed by atoms with Gasteiger partial charge < -0.3 is 4.74 Å². The van der Waals surface area contributed by atoms with E-state index in [4.69, 9.17) is 4.74 Å². The summed E-state index contributed by atoms with van der Waals surface area (Å²) in [5.41, 5.74) is 2.09. The smallest absolute Gasteiger partial charge is 0.338 e. The normalized spacial score (nSPS) is 15.7. The van der Waals surface area contributed by atoms with Gasteiger partial charge in [0.1, 0.15) is 0 Å². The van der Waals surface area contributed by atoms with Crippen LogP contribution in [0.25, 0.3) is 12.2 Å². The third-order valence-electron chi connectivity index (χ3n) is 5.34. The van der Waals surface area contributed by atoms with Crippen LogP contribution in [0.1, 0.15) is 31.0 Å². The van der Waals surface area contributed by atoms with E-state index < -0.39 is 16.9 Å². The molecule has 35 heavy (non-hydrogen) atoms. The summed E-state index contributed by atoms with van der Waals surface area (Å²) in [4.78, 5) is 41.7. The minimum atomic E-state index is -0.667. The molecule has 2 aromatic carbocycles. The number of allylic oxidation sites excluding steroid dienone is 2. The lowest BCUT2D eigenvalue weighted by Gasteiger charge is -2.24. The molecule has 0 N–H and O–H groups in total. The Kier molecular flexibility index (Phi) is 7.23. The van der Waals surface area contributed by atoms with Crippen LogP contribution >= 0.6 is 27.3 Å². The Hall–Kier alpha value is -3.63. The van der Waals surface area contributed by atoms with Crippen LogP contribution < -0.4 is 14.9 Å². The molecule has 0 spiro atoms. The predicted octanol–water partition coefficient (Wildman–Crippen LogP) is 4.13. The topological polar surface area (TPSA) is 104 Å². The number of carbonyl (C=O) groups is 1. The average Bonchev–Trinajstić information content (AvgIpc) is 3.14. The number of nitro benzene ring substituents is 1. The average molecular weight is 554 g/mol. The summed E-state index contributed by atoms with van der Waals surface area (Å²) < 4.78 is 8.14. The number of non-ortho nitro benzene ring substituents is 1. The summed E-state index contributed by atoms with van der Waals surface area (Å²) in [6, 6.07) is 12.9. The first-order valence-corrected chi connectivity index (χ1v) is 12.3. The van der Waals surface area contributed by atoms with Crippen molar-refractivity contribution in [1.29, 1.82) is 0 Å². The molecule has 0 amide bonds. The van der Waals surface area contributed by atoms with E-state index in [1.54, 1.807) is 44.2 Å². The highest BCUT2D eigenvalue weighted by molar-refractivity contribution is 9.10. The molecule has 1 aromatic heterocycles. The number of esters is 1. The second-order valence-electron chi connectivity index (χ2n) is 7.58. The van der Waals surface area contributed by atoms with Crippen molar-refractivity contribution in [3.05, 3.63) is 111 Å². The van der Waals surface area contributed by atoms with Crippen LogP contribution in [0.15, 0.2) is 80.1 Å². The van der Waals surface area contributed by atoms with E-state index in [1.807, 2.05) is 24.3 Å². The number of benzene rings is 2. The lowest BCUT2D eigenvalue weighted by atomic mass is 9.96. The van der Waals surface area contributed by atoms with Gasteiger partial charge in [0, 0.05) is 16.6 Å². The van der Waals surface area contributed by atoms with E-state index in [0.717, 1.165) is 15.6 Å². The van der Waals surface area contributed by atoms with Crippen molar-refractivity contribution in [3.63, 3.8) is 0 Å². The quantitative estimate of drug-likeness (QED) is 0.259. The molecular weight excluding hydrogens is 534 g/mol. The second kappa shape index (κ2) is 10.3. The number of aromatic nitrogens is 1. The molecule has 2 heterocycles. The molecule has 0 bridgehead atoms. The number of thiazole rings is 1. The van der Waals surface area contributed by atoms with Gasteiger partial charge in [-0.25, -0.2) is 9.79 Å². The van der Waals surface area contributed by atoms with Crippen LogP contribution in [0.4, 0.5) is 5.69 Å². The first kappa shape index (κ1) is 24.5. The Labute approximate surface area is 212 Å². The molecule has 0 saturated heterocycles. The molecule has 0 radical (unpaired) electrons. The van der Waals surface area contributed by atoms with Gasteiger partial charge >= 0.3 is 5.97 Å². The third kappa shape index (κ3) is 5.08. The SMILES string of the molecule is CCOC(=O)C1=C(C)N=c2s/c(=C\C=C\c3ccc([N+](=O)[O-])cc3)c(=O)n2C1c1ccc(Br)cc1. The van der Waals surface area contributed by atoms with Crippen molar-refractivity contribution in [3.8, 4) is 0 Å². The Bertz CT molecular complexity index is 1530. The Morgan fingerprint density at radius 3 is 2.54 bits per heavy atom.